The summed E-state index contributed by atoms with van der Waals surface area (Å²) in [4.78, 5) is 0. The summed E-state index contributed by atoms with van der Waals surface area (Å²) in [7, 11) is 0. The highest BCUT2D eigenvalue weighted by atomic mass is 15.4. The van der Waals surface area contributed by atoms with E-state index in [4.69, 9.17) is 0 Å². The number of benzene rings is 1. The van der Waals surface area contributed by atoms with Gasteiger partial charge in [0.15, 0.2) is 11.5 Å². The second kappa shape index (κ2) is 5.70. The van der Waals surface area contributed by atoms with Crippen LogP contribution in [-0.2, 0) is 6.54 Å². The first-order chi connectivity index (χ1) is 12.4. The molecule has 25 heavy (non-hydrogen) atoms. The first kappa shape index (κ1) is 14.2. The van der Waals surface area contributed by atoms with Crippen molar-refractivity contribution in [2.75, 3.05) is 5.32 Å². The van der Waals surface area contributed by atoms with E-state index in [2.05, 4.69) is 50.0 Å². The molecular formula is C18H17N7. The summed E-state index contributed by atoms with van der Waals surface area (Å²) in [5.74, 6) is 2.32. The minimum absolute atomic E-state index is 0.521. The van der Waals surface area contributed by atoms with Crippen LogP contribution in [0.5, 0.6) is 0 Å². The van der Waals surface area contributed by atoms with Crippen LogP contribution in [0.1, 0.15) is 30.1 Å². The third-order valence-electron chi connectivity index (χ3n) is 4.41. The number of hydrogen-bond acceptors (Lipinski definition) is 5. The summed E-state index contributed by atoms with van der Waals surface area (Å²) in [6.07, 6.45) is 6.08. The van der Waals surface area contributed by atoms with Crippen LogP contribution in [0.3, 0.4) is 0 Å². The van der Waals surface area contributed by atoms with E-state index >= 15 is 0 Å². The van der Waals surface area contributed by atoms with E-state index in [1.807, 2.05) is 33.6 Å². The minimum Gasteiger partial charge on any atom is -0.365 e. The van der Waals surface area contributed by atoms with E-state index in [-0.39, 0.29) is 0 Å². The van der Waals surface area contributed by atoms with Gasteiger partial charge in [-0.25, -0.2) is 4.68 Å². The molecule has 1 N–H and O–H groups in total. The zero-order chi connectivity index (χ0) is 16.6. The second-order valence-corrected chi connectivity index (χ2v) is 6.29. The summed E-state index contributed by atoms with van der Waals surface area (Å²) in [5, 5.41) is 20.7. The SMILES string of the molecule is c1cnn(-c2ccc(CNc3ccc4nnc(C5CC5)n4n3)cc2)c1. The average molecular weight is 331 g/mol. The molecule has 5 rings (SSSR count). The third kappa shape index (κ3) is 2.73. The van der Waals surface area contributed by atoms with Crippen LogP contribution in [0, 0.1) is 0 Å². The molecular weight excluding hydrogens is 314 g/mol. The Morgan fingerprint density at radius 2 is 1.92 bits per heavy atom. The van der Waals surface area contributed by atoms with Gasteiger partial charge in [-0.3, -0.25) is 0 Å². The average Bonchev–Trinajstić information content (AvgIpc) is 3.19. The monoisotopic (exact) mass is 331 g/mol. The van der Waals surface area contributed by atoms with Crippen LogP contribution in [-0.4, -0.2) is 29.6 Å². The number of anilines is 1. The first-order valence-corrected chi connectivity index (χ1v) is 8.42. The Balaban J connectivity index is 1.32. The maximum absolute atomic E-state index is 4.64. The molecule has 0 amide bonds. The Labute approximate surface area is 144 Å². The van der Waals surface area contributed by atoms with Crippen LogP contribution < -0.4 is 5.32 Å². The van der Waals surface area contributed by atoms with E-state index in [1.165, 1.54) is 18.4 Å². The van der Waals surface area contributed by atoms with Crippen molar-refractivity contribution < 1.29 is 0 Å². The predicted octanol–water partition coefficient (Wildman–Crippen LogP) is 2.80. The molecule has 7 nitrogen and oxygen atoms in total. The van der Waals surface area contributed by atoms with Gasteiger partial charge < -0.3 is 5.32 Å². The molecule has 0 aliphatic heterocycles. The van der Waals surface area contributed by atoms with E-state index in [1.54, 1.807) is 6.20 Å². The van der Waals surface area contributed by atoms with Crippen molar-refractivity contribution >= 4 is 11.5 Å². The van der Waals surface area contributed by atoms with Gasteiger partial charge in [0.25, 0.3) is 0 Å². The van der Waals surface area contributed by atoms with Crippen molar-refractivity contribution in [3.8, 4) is 5.69 Å². The fraction of sp³-hybridized carbons (Fsp3) is 0.222. The molecule has 0 spiro atoms. The molecule has 1 aliphatic carbocycles. The molecule has 3 aromatic heterocycles. The highest BCUT2D eigenvalue weighted by molar-refractivity contribution is 5.45. The molecule has 7 heteroatoms. The lowest BCUT2D eigenvalue weighted by molar-refractivity contribution is 0.814. The molecule has 0 saturated heterocycles. The largest absolute Gasteiger partial charge is 0.365 e. The van der Waals surface area contributed by atoms with Crippen LogP contribution in [0.4, 0.5) is 5.82 Å². The summed E-state index contributed by atoms with van der Waals surface area (Å²) in [6, 6.07) is 14.1. The molecule has 0 atom stereocenters. The fourth-order valence-corrected chi connectivity index (χ4v) is 2.88. The Kier molecular flexibility index (Phi) is 3.22. The van der Waals surface area contributed by atoms with Crippen molar-refractivity contribution in [2.45, 2.75) is 25.3 Å². The normalized spacial score (nSPS) is 14.1. The minimum atomic E-state index is 0.521. The third-order valence-corrected chi connectivity index (χ3v) is 4.41. The Hall–Kier alpha value is -3.22. The standard InChI is InChI=1S/C18H17N7/c1-10-20-24(11-1)15-6-2-13(3-7-15)12-19-16-8-9-17-21-22-18(14-4-5-14)25(17)23-16/h1-3,6-11,14H,4-5,12H2,(H,19,23). The van der Waals surface area contributed by atoms with E-state index in [0.717, 1.165) is 23.0 Å². The van der Waals surface area contributed by atoms with Crippen molar-refractivity contribution in [1.82, 2.24) is 29.6 Å². The molecule has 1 fully saturated rings. The Morgan fingerprint density at radius 3 is 2.68 bits per heavy atom. The fourth-order valence-electron chi connectivity index (χ4n) is 2.88. The molecule has 1 aromatic carbocycles. The first-order valence-electron chi connectivity index (χ1n) is 8.42. The topological polar surface area (TPSA) is 72.9 Å². The van der Waals surface area contributed by atoms with Crippen LogP contribution in [0.25, 0.3) is 11.3 Å². The van der Waals surface area contributed by atoms with Crippen molar-refractivity contribution in [2.24, 2.45) is 0 Å². The second-order valence-electron chi connectivity index (χ2n) is 6.29. The lowest BCUT2D eigenvalue weighted by Crippen LogP contribution is -2.05. The van der Waals surface area contributed by atoms with Crippen molar-refractivity contribution in [1.29, 1.82) is 0 Å². The number of rotatable bonds is 5. The summed E-state index contributed by atoms with van der Waals surface area (Å²) >= 11 is 0. The van der Waals surface area contributed by atoms with Crippen LogP contribution in [0.15, 0.2) is 54.9 Å². The molecule has 3 heterocycles. The molecule has 0 unspecified atom stereocenters. The molecule has 0 bridgehead atoms. The maximum atomic E-state index is 4.64. The number of nitrogens with one attached hydrogen (secondary N) is 1. The molecule has 0 radical (unpaired) electrons. The summed E-state index contributed by atoms with van der Waals surface area (Å²) in [6.45, 7) is 0.707. The summed E-state index contributed by atoms with van der Waals surface area (Å²) in [5.41, 5.74) is 3.03. The maximum Gasteiger partial charge on any atom is 0.178 e. The van der Waals surface area contributed by atoms with Gasteiger partial charge in [-0.15, -0.1) is 15.3 Å². The van der Waals surface area contributed by atoms with Gasteiger partial charge >= 0.3 is 0 Å². The van der Waals surface area contributed by atoms with Gasteiger partial charge in [-0.1, -0.05) is 12.1 Å². The van der Waals surface area contributed by atoms with Gasteiger partial charge in [-0.05, 0) is 48.7 Å². The molecule has 1 saturated carbocycles. The Morgan fingerprint density at radius 1 is 1.04 bits per heavy atom. The number of aromatic nitrogens is 6. The van der Waals surface area contributed by atoms with Gasteiger partial charge in [0.2, 0.25) is 0 Å². The smallest absolute Gasteiger partial charge is 0.178 e. The molecule has 1 aliphatic rings. The highest BCUT2D eigenvalue weighted by Gasteiger charge is 2.29. The van der Waals surface area contributed by atoms with Crippen molar-refractivity contribution in [3.05, 3.63) is 66.2 Å². The lowest BCUT2D eigenvalue weighted by atomic mass is 10.2. The van der Waals surface area contributed by atoms with E-state index in [0.29, 0.717) is 12.5 Å². The molecule has 124 valence electrons. The van der Waals surface area contributed by atoms with Gasteiger partial charge in [-0.2, -0.15) is 9.61 Å². The van der Waals surface area contributed by atoms with Gasteiger partial charge in [0, 0.05) is 24.9 Å². The number of hydrogen-bond donors (Lipinski definition) is 1. The predicted molar refractivity (Wildman–Crippen MR) is 93.6 cm³/mol. The number of nitrogens with zero attached hydrogens (tertiary/aromatic N) is 6. The zero-order valence-electron chi connectivity index (χ0n) is 13.6. The van der Waals surface area contributed by atoms with Crippen molar-refractivity contribution in [3.63, 3.8) is 0 Å². The summed E-state index contributed by atoms with van der Waals surface area (Å²) < 4.78 is 3.71. The quantitative estimate of drug-likeness (QED) is 0.609. The molecule has 4 aromatic rings. The number of fused-ring (bicyclic) bond motifs is 1. The van der Waals surface area contributed by atoms with Crippen LogP contribution >= 0.6 is 0 Å². The highest BCUT2D eigenvalue weighted by Crippen LogP contribution is 2.38. The van der Waals surface area contributed by atoms with E-state index < -0.39 is 0 Å². The lowest BCUT2D eigenvalue weighted by Gasteiger charge is -2.07. The zero-order valence-corrected chi connectivity index (χ0v) is 13.6. The Bertz CT molecular complexity index is 998. The van der Waals surface area contributed by atoms with Gasteiger partial charge in [0.1, 0.15) is 5.82 Å². The van der Waals surface area contributed by atoms with Crippen LogP contribution in [0.2, 0.25) is 0 Å². The van der Waals surface area contributed by atoms with Gasteiger partial charge in [0.05, 0.1) is 5.69 Å². The van der Waals surface area contributed by atoms with E-state index in [9.17, 15) is 0 Å².